The molecule has 0 aromatic heterocycles. The molecule has 3 saturated heterocycles. The fourth-order valence-electron chi connectivity index (χ4n) is 9.89. The first-order valence-corrected chi connectivity index (χ1v) is 30.2. The highest BCUT2D eigenvalue weighted by Gasteiger charge is 2.37. The van der Waals surface area contributed by atoms with E-state index in [9.17, 15) is 14.7 Å². The lowest BCUT2D eigenvalue weighted by Gasteiger charge is -2.22. The molecule has 0 radical (unpaired) electrons. The molecule has 87 heavy (non-hydrogen) atoms. The van der Waals surface area contributed by atoms with Crippen molar-refractivity contribution in [3.8, 4) is 28.4 Å². The zero-order valence-corrected chi connectivity index (χ0v) is 49.9. The van der Waals surface area contributed by atoms with Crippen LogP contribution in [0.1, 0.15) is 27.8 Å². The number of rotatable bonds is 17. The summed E-state index contributed by atoms with van der Waals surface area (Å²) in [4.78, 5) is 51.0. The molecule has 0 saturated carbocycles. The Morgan fingerprint density at radius 3 is 1.62 bits per heavy atom. The van der Waals surface area contributed by atoms with Crippen molar-refractivity contribution in [1.82, 2.24) is 0 Å². The molecule has 3 fully saturated rings. The Morgan fingerprint density at radius 2 is 0.977 bits per heavy atom. The van der Waals surface area contributed by atoms with Crippen LogP contribution in [-0.2, 0) is 27.5 Å². The molecule has 9 aromatic carbocycles. The molecule has 430 valence electrons. The summed E-state index contributed by atoms with van der Waals surface area (Å²) in [5.41, 5.74) is 10.0. The number of benzene rings is 9. The Kier molecular flexibility index (Phi) is 17.7. The summed E-state index contributed by atoms with van der Waals surface area (Å²) in [5.74, 6) is 1.28. The number of amidine groups is 3. The van der Waals surface area contributed by atoms with Gasteiger partial charge >= 0.3 is 0 Å². The van der Waals surface area contributed by atoms with E-state index in [4.69, 9.17) is 33.9 Å². The monoisotopic (exact) mass is 1200 g/mol. The lowest BCUT2D eigenvalue weighted by molar-refractivity contribution is -0.114. The number of para-hydroxylation sites is 4. The molecule has 16 heteroatoms. The number of methoxy groups -OCH3 is 3. The van der Waals surface area contributed by atoms with Gasteiger partial charge in [-0.1, -0.05) is 145 Å². The van der Waals surface area contributed by atoms with Crippen LogP contribution in [0.15, 0.2) is 260 Å². The van der Waals surface area contributed by atoms with E-state index in [1.54, 1.807) is 31.1 Å². The molecule has 0 bridgehead atoms. The van der Waals surface area contributed by atoms with Crippen molar-refractivity contribution < 1.29 is 33.6 Å². The number of hydrogen-bond acceptors (Lipinski definition) is 13. The van der Waals surface area contributed by atoms with E-state index in [-0.39, 0.29) is 18.4 Å². The lowest BCUT2D eigenvalue weighted by atomic mass is 10.0. The van der Waals surface area contributed by atoms with E-state index < -0.39 is 6.23 Å². The van der Waals surface area contributed by atoms with Crippen LogP contribution >= 0.6 is 35.3 Å². The number of aliphatic hydroxyl groups is 1. The van der Waals surface area contributed by atoms with Gasteiger partial charge in [-0.15, -0.1) is 0 Å². The highest BCUT2D eigenvalue weighted by molar-refractivity contribution is 8.19. The number of hydrogen-bond donors (Lipinski definition) is 1. The molecule has 3 aliphatic heterocycles. The van der Waals surface area contributed by atoms with Gasteiger partial charge in [-0.3, -0.25) is 24.3 Å². The average Bonchev–Trinajstić information content (AvgIpc) is 2.03. The Balaban J connectivity index is 0.904. The zero-order valence-electron chi connectivity index (χ0n) is 47.5. The third-order valence-corrected chi connectivity index (χ3v) is 17.1. The third kappa shape index (κ3) is 13.3. The number of amides is 2. The van der Waals surface area contributed by atoms with Gasteiger partial charge in [0.25, 0.3) is 11.8 Å². The topological polar surface area (TPSA) is 138 Å². The molecule has 3 aliphatic rings. The summed E-state index contributed by atoms with van der Waals surface area (Å²) in [6, 6.07) is 73.4. The Morgan fingerprint density at radius 1 is 0.448 bits per heavy atom. The van der Waals surface area contributed by atoms with Gasteiger partial charge in [-0.05, 0) is 172 Å². The van der Waals surface area contributed by atoms with Crippen molar-refractivity contribution in [2.45, 2.75) is 19.4 Å². The van der Waals surface area contributed by atoms with Crippen LogP contribution in [0, 0.1) is 0 Å². The van der Waals surface area contributed by atoms with Gasteiger partial charge in [0, 0.05) is 23.3 Å². The largest absolute Gasteiger partial charge is 0.493 e. The molecular weight excluding hydrogens is 1150 g/mol. The van der Waals surface area contributed by atoms with E-state index in [0.717, 1.165) is 56.0 Å². The summed E-state index contributed by atoms with van der Waals surface area (Å²) in [6.45, 7) is 0.632. The van der Waals surface area contributed by atoms with Gasteiger partial charge in [0.05, 0.1) is 59.1 Å². The van der Waals surface area contributed by atoms with Crippen LogP contribution in [0.4, 0.5) is 34.1 Å². The minimum absolute atomic E-state index is 0.139. The molecule has 3 heterocycles. The van der Waals surface area contributed by atoms with E-state index >= 15 is 0 Å². The van der Waals surface area contributed by atoms with E-state index in [1.165, 1.54) is 35.3 Å². The van der Waals surface area contributed by atoms with Crippen molar-refractivity contribution >= 4 is 115 Å². The predicted octanol–water partition coefficient (Wildman–Crippen LogP) is 16.3. The fraction of sp³-hybridized carbons (Fsp3) is 0.0845. The van der Waals surface area contributed by atoms with Crippen molar-refractivity contribution in [2.75, 3.05) is 36.0 Å². The van der Waals surface area contributed by atoms with E-state index in [1.807, 2.05) is 254 Å². The van der Waals surface area contributed by atoms with Crippen LogP contribution in [0.25, 0.3) is 29.4 Å². The second-order valence-electron chi connectivity index (χ2n) is 20.0. The summed E-state index contributed by atoms with van der Waals surface area (Å²) in [6.07, 6.45) is 4.66. The molecule has 1 N–H and O–H groups in total. The molecule has 0 aliphatic carbocycles. The Bertz CT molecular complexity index is 4200. The number of nitrogens with zero attached hydrogens (tertiary/aromatic N) is 6. The normalized spacial score (nSPS) is 17.9. The van der Waals surface area contributed by atoms with Crippen LogP contribution in [0.2, 0.25) is 0 Å². The van der Waals surface area contributed by atoms with Crippen molar-refractivity contribution in [2.24, 2.45) is 15.0 Å². The average molecular weight is 1200 g/mol. The maximum absolute atomic E-state index is 14.5. The highest BCUT2D eigenvalue weighted by Crippen LogP contribution is 2.44. The summed E-state index contributed by atoms with van der Waals surface area (Å²) in [7, 11) is 4.83. The van der Waals surface area contributed by atoms with Gasteiger partial charge in [0.2, 0.25) is 0 Å². The highest BCUT2D eigenvalue weighted by atomic mass is 32.2. The van der Waals surface area contributed by atoms with Crippen LogP contribution in [0.5, 0.6) is 17.2 Å². The Hall–Kier alpha value is -9.68. The van der Waals surface area contributed by atoms with E-state index in [0.29, 0.717) is 71.1 Å². The Labute approximate surface area is 517 Å². The molecule has 1 unspecified atom stereocenters. The summed E-state index contributed by atoms with van der Waals surface area (Å²) >= 11 is 4.01. The SMILES string of the molecule is COCc1ccc(/C=C2\S/C(=N\c3ccccc3)N(c3cccc(COc4ccc(/C=C5\S/C(=N\c6ccccc6)N(c6ccccc6)C5O)cc4-c4cccc(/N=C5\S/C(=C\c6ccc(OC)c(OC)c6)C(=O)N5c5ccccc5)c4)c3)C2=O)cc1. The summed E-state index contributed by atoms with van der Waals surface area (Å²) < 4.78 is 23.2. The zero-order chi connectivity index (χ0) is 59.6. The van der Waals surface area contributed by atoms with Gasteiger partial charge in [-0.25, -0.2) is 15.0 Å². The minimum atomic E-state index is -1.03. The first-order valence-electron chi connectivity index (χ1n) is 27.8. The molecule has 13 nitrogen and oxygen atoms in total. The second kappa shape index (κ2) is 26.7. The van der Waals surface area contributed by atoms with Crippen molar-refractivity contribution in [1.29, 1.82) is 0 Å². The van der Waals surface area contributed by atoms with Crippen LogP contribution in [0.3, 0.4) is 0 Å². The van der Waals surface area contributed by atoms with Gasteiger partial charge in [0.1, 0.15) is 12.4 Å². The number of thioether (sulfide) groups is 3. The number of ether oxygens (including phenoxy) is 4. The lowest BCUT2D eigenvalue weighted by Crippen LogP contribution is -2.32. The van der Waals surface area contributed by atoms with Gasteiger partial charge in [-0.2, -0.15) is 0 Å². The molecule has 9 aromatic rings. The van der Waals surface area contributed by atoms with Crippen molar-refractivity contribution in [3.63, 3.8) is 0 Å². The third-order valence-electron chi connectivity index (χ3n) is 14.1. The predicted molar refractivity (Wildman–Crippen MR) is 357 cm³/mol. The summed E-state index contributed by atoms with van der Waals surface area (Å²) in [5, 5.41) is 13.8. The maximum Gasteiger partial charge on any atom is 0.271 e. The van der Waals surface area contributed by atoms with E-state index in [2.05, 4.69) is 0 Å². The molecule has 0 spiro atoms. The second-order valence-corrected chi connectivity index (χ2v) is 23.0. The quantitative estimate of drug-likeness (QED) is 0.0872. The molecular formula is C71H56N6O7S3. The number of carbonyl (C=O) groups is 2. The number of anilines is 3. The molecule has 12 rings (SSSR count). The van der Waals surface area contributed by atoms with Crippen molar-refractivity contribution in [3.05, 3.63) is 273 Å². The van der Waals surface area contributed by atoms with Crippen LogP contribution in [-0.4, -0.2) is 60.0 Å². The minimum Gasteiger partial charge on any atom is -0.493 e. The van der Waals surface area contributed by atoms with Gasteiger partial charge < -0.3 is 24.1 Å². The first-order chi connectivity index (χ1) is 42.7. The smallest absolute Gasteiger partial charge is 0.271 e. The molecule has 1 atom stereocenters. The first kappa shape index (κ1) is 57.7. The number of aliphatic hydroxyl groups excluding tert-OH is 1. The maximum atomic E-state index is 14.5. The number of aliphatic imine (C=N–C) groups is 3. The van der Waals surface area contributed by atoms with Crippen LogP contribution < -0.4 is 28.9 Å². The standard InChI is InChI=1S/C71H56N6O7S3/c1-81-45-48-32-30-47(31-33-48)41-63-68(80)77(70(85-63)73-54-22-10-5-11-23-54)58-29-16-18-51(38-58)46-84-60-36-34-49(42-64-66(78)75(56-25-12-6-13-26-56)69(86-64)72-53-20-8-4-9-21-53)39-59(60)52-19-17-24-55(44-52)74-71-76(57-27-14-7-15-28-57)67(79)65(87-71)43-50-35-37-61(82-2)62(40-50)83-3/h4-44,66,78H,45-46H2,1-3H3/b63-41-,64-42-,65-43-,72-69-,73-70-,74-71-. The van der Waals surface area contributed by atoms with Gasteiger partial charge in [0.15, 0.2) is 33.2 Å². The number of carbonyl (C=O) groups excluding carboxylic acids is 2. The molecule has 2 amide bonds. The fourth-order valence-corrected chi connectivity index (χ4v) is 13.0.